The van der Waals surface area contributed by atoms with Crippen LogP contribution in [0.1, 0.15) is 15.9 Å². The molecule has 2 heterocycles. The van der Waals surface area contributed by atoms with E-state index in [2.05, 4.69) is 15.3 Å². The maximum absolute atomic E-state index is 13.3. The number of amides is 1. The van der Waals surface area contributed by atoms with Crippen molar-refractivity contribution in [3.63, 3.8) is 0 Å². The number of aromatic nitrogens is 2. The first-order chi connectivity index (χ1) is 8.58. The van der Waals surface area contributed by atoms with Crippen molar-refractivity contribution in [3.05, 3.63) is 52.8 Å². The highest BCUT2D eigenvalue weighted by Gasteiger charge is 2.13. The lowest BCUT2D eigenvalue weighted by Crippen LogP contribution is -2.15. The van der Waals surface area contributed by atoms with Crippen molar-refractivity contribution in [3.8, 4) is 0 Å². The third-order valence-electron chi connectivity index (χ3n) is 2.23. The zero-order valence-electron chi connectivity index (χ0n) is 9.45. The van der Waals surface area contributed by atoms with Crippen LogP contribution >= 0.6 is 11.6 Å². The van der Waals surface area contributed by atoms with Crippen LogP contribution in [0.5, 0.6) is 0 Å². The summed E-state index contributed by atoms with van der Waals surface area (Å²) in [7, 11) is 0. The van der Waals surface area contributed by atoms with Crippen molar-refractivity contribution >= 4 is 23.2 Å². The summed E-state index contributed by atoms with van der Waals surface area (Å²) in [5.74, 6) is -1.44. The molecule has 0 radical (unpaired) electrons. The molecule has 0 aliphatic carbocycles. The van der Waals surface area contributed by atoms with Crippen LogP contribution < -0.4 is 5.32 Å². The number of carbonyl (C=O) groups excluding carboxylic acids is 1. The molecule has 2 aromatic heterocycles. The summed E-state index contributed by atoms with van der Waals surface area (Å²) in [6.45, 7) is 1.81. The first-order valence-electron chi connectivity index (χ1n) is 5.12. The fourth-order valence-electron chi connectivity index (χ4n) is 1.39. The number of nitrogens with zero attached hydrogens (tertiary/aromatic N) is 2. The van der Waals surface area contributed by atoms with Gasteiger partial charge in [0.25, 0.3) is 5.91 Å². The highest BCUT2D eigenvalue weighted by Crippen LogP contribution is 2.20. The second-order valence-corrected chi connectivity index (χ2v) is 4.00. The second kappa shape index (κ2) is 5.10. The van der Waals surface area contributed by atoms with Gasteiger partial charge in [-0.1, -0.05) is 11.6 Å². The van der Waals surface area contributed by atoms with Gasteiger partial charge in [0.05, 0.1) is 11.3 Å². The molecule has 1 amide bonds. The molecule has 92 valence electrons. The van der Waals surface area contributed by atoms with Crippen LogP contribution in [0.2, 0.25) is 5.15 Å². The van der Waals surface area contributed by atoms with Crippen LogP contribution in [0, 0.1) is 12.9 Å². The molecule has 0 aromatic carbocycles. The van der Waals surface area contributed by atoms with E-state index >= 15 is 0 Å². The Morgan fingerprint density at radius 2 is 2.22 bits per heavy atom. The Morgan fingerprint density at radius 1 is 1.44 bits per heavy atom. The van der Waals surface area contributed by atoms with Gasteiger partial charge < -0.3 is 5.32 Å². The minimum Gasteiger partial charge on any atom is -0.319 e. The lowest BCUT2D eigenvalue weighted by Gasteiger charge is -2.07. The largest absolute Gasteiger partial charge is 0.319 e. The maximum Gasteiger partial charge on any atom is 0.260 e. The van der Waals surface area contributed by atoms with Gasteiger partial charge in [-0.15, -0.1) is 0 Å². The number of anilines is 1. The average Bonchev–Trinajstić information content (AvgIpc) is 2.34. The number of halogens is 2. The maximum atomic E-state index is 13.3. The molecule has 0 fully saturated rings. The molecule has 0 atom stereocenters. The Kier molecular flexibility index (Phi) is 3.53. The Bertz CT molecular complexity index is 604. The average molecular weight is 266 g/mol. The SMILES string of the molecule is Cc1cnc(Cl)c(NC(=O)c2cccnc2F)c1. The van der Waals surface area contributed by atoms with E-state index in [0.29, 0.717) is 5.69 Å². The fourth-order valence-corrected chi connectivity index (χ4v) is 1.54. The second-order valence-electron chi connectivity index (χ2n) is 3.65. The van der Waals surface area contributed by atoms with E-state index in [4.69, 9.17) is 11.6 Å². The number of pyridine rings is 2. The molecule has 0 spiro atoms. The molecule has 18 heavy (non-hydrogen) atoms. The molecule has 2 rings (SSSR count). The minimum atomic E-state index is -0.827. The lowest BCUT2D eigenvalue weighted by molar-refractivity contribution is 0.102. The van der Waals surface area contributed by atoms with Crippen molar-refractivity contribution in [2.75, 3.05) is 5.32 Å². The number of rotatable bonds is 2. The highest BCUT2D eigenvalue weighted by molar-refractivity contribution is 6.32. The standard InChI is InChI=1S/C12H9ClFN3O/c1-7-5-9(10(13)16-6-7)17-12(18)8-3-2-4-15-11(8)14/h2-6H,1H3,(H,17,18). The van der Waals surface area contributed by atoms with Gasteiger partial charge in [-0.05, 0) is 30.7 Å². The van der Waals surface area contributed by atoms with Crippen LogP contribution in [0.25, 0.3) is 0 Å². The van der Waals surface area contributed by atoms with E-state index in [1.807, 2.05) is 6.92 Å². The van der Waals surface area contributed by atoms with Crippen molar-refractivity contribution in [2.24, 2.45) is 0 Å². The Labute approximate surface area is 108 Å². The van der Waals surface area contributed by atoms with Crippen LogP contribution in [0.15, 0.2) is 30.6 Å². The van der Waals surface area contributed by atoms with E-state index < -0.39 is 11.9 Å². The molecule has 0 saturated heterocycles. The van der Waals surface area contributed by atoms with Crippen LogP contribution in [0.3, 0.4) is 0 Å². The quantitative estimate of drug-likeness (QED) is 0.850. The normalized spacial score (nSPS) is 10.2. The first-order valence-corrected chi connectivity index (χ1v) is 5.50. The van der Waals surface area contributed by atoms with E-state index in [1.54, 1.807) is 12.3 Å². The van der Waals surface area contributed by atoms with Gasteiger partial charge >= 0.3 is 0 Å². The van der Waals surface area contributed by atoms with Crippen LogP contribution in [-0.2, 0) is 0 Å². The molecule has 0 unspecified atom stereocenters. The van der Waals surface area contributed by atoms with Gasteiger partial charge in [-0.2, -0.15) is 4.39 Å². The molecule has 4 nitrogen and oxygen atoms in total. The fraction of sp³-hybridized carbons (Fsp3) is 0.0833. The Balaban J connectivity index is 2.27. The topological polar surface area (TPSA) is 54.9 Å². The highest BCUT2D eigenvalue weighted by atomic mass is 35.5. The van der Waals surface area contributed by atoms with E-state index in [9.17, 15) is 9.18 Å². The summed E-state index contributed by atoms with van der Waals surface area (Å²) < 4.78 is 13.3. The molecule has 0 aliphatic heterocycles. The third kappa shape index (κ3) is 2.62. The van der Waals surface area contributed by atoms with Gasteiger partial charge in [0.1, 0.15) is 0 Å². The summed E-state index contributed by atoms with van der Waals surface area (Å²) in [5.41, 5.74) is 1.03. The van der Waals surface area contributed by atoms with Crippen LogP contribution in [-0.4, -0.2) is 15.9 Å². The number of hydrogen-bond acceptors (Lipinski definition) is 3. The molecule has 6 heteroatoms. The molecule has 0 bridgehead atoms. The van der Waals surface area contributed by atoms with Gasteiger partial charge in [0, 0.05) is 12.4 Å². The van der Waals surface area contributed by atoms with E-state index in [1.165, 1.54) is 18.3 Å². The summed E-state index contributed by atoms with van der Waals surface area (Å²) in [6.07, 6.45) is 2.84. The molecule has 1 N–H and O–H groups in total. The Hall–Kier alpha value is -2.01. The van der Waals surface area contributed by atoms with Crippen molar-refractivity contribution in [1.29, 1.82) is 0 Å². The summed E-state index contributed by atoms with van der Waals surface area (Å²) in [5, 5.41) is 2.65. The molecule has 2 aromatic rings. The summed E-state index contributed by atoms with van der Waals surface area (Å²) >= 11 is 5.83. The van der Waals surface area contributed by atoms with Crippen molar-refractivity contribution in [2.45, 2.75) is 6.92 Å². The minimum absolute atomic E-state index is 0.143. The third-order valence-corrected chi connectivity index (χ3v) is 2.53. The van der Waals surface area contributed by atoms with Crippen LogP contribution in [0.4, 0.5) is 10.1 Å². The lowest BCUT2D eigenvalue weighted by atomic mass is 10.2. The predicted octanol–water partition coefficient (Wildman–Crippen LogP) is 2.83. The monoisotopic (exact) mass is 265 g/mol. The number of aryl methyl sites for hydroxylation is 1. The van der Waals surface area contributed by atoms with Gasteiger partial charge in [-0.3, -0.25) is 4.79 Å². The van der Waals surface area contributed by atoms with Gasteiger partial charge in [0.15, 0.2) is 5.15 Å². The van der Waals surface area contributed by atoms with E-state index in [0.717, 1.165) is 5.56 Å². The van der Waals surface area contributed by atoms with Crippen molar-refractivity contribution in [1.82, 2.24) is 9.97 Å². The molecule has 0 saturated carbocycles. The zero-order valence-corrected chi connectivity index (χ0v) is 10.2. The number of carbonyl (C=O) groups is 1. The number of nitrogens with one attached hydrogen (secondary N) is 1. The smallest absolute Gasteiger partial charge is 0.260 e. The van der Waals surface area contributed by atoms with E-state index in [-0.39, 0.29) is 10.7 Å². The molecular weight excluding hydrogens is 257 g/mol. The van der Waals surface area contributed by atoms with Crippen molar-refractivity contribution < 1.29 is 9.18 Å². The Morgan fingerprint density at radius 3 is 2.94 bits per heavy atom. The van der Waals surface area contributed by atoms with Gasteiger partial charge in [0.2, 0.25) is 5.95 Å². The van der Waals surface area contributed by atoms with Gasteiger partial charge in [-0.25, -0.2) is 9.97 Å². The molecule has 0 aliphatic rings. The zero-order chi connectivity index (χ0) is 13.1. The summed E-state index contributed by atoms with van der Waals surface area (Å²) in [6, 6.07) is 4.48. The predicted molar refractivity (Wildman–Crippen MR) is 66.1 cm³/mol. The molecular formula is C12H9ClFN3O. The summed E-state index contributed by atoms with van der Waals surface area (Å²) in [4.78, 5) is 19.1. The first kappa shape index (κ1) is 12.4. The number of hydrogen-bond donors (Lipinski definition) is 1.